The molecule has 1 aromatic carbocycles. The molecular weight excluding hydrogens is 198 g/mol. The van der Waals surface area contributed by atoms with Gasteiger partial charge in [-0.3, -0.25) is 4.79 Å². The van der Waals surface area contributed by atoms with Crippen molar-refractivity contribution < 1.29 is 9.90 Å². The van der Waals surface area contributed by atoms with E-state index in [1.165, 1.54) is 0 Å². The molecule has 2 rings (SSSR count). The average Bonchev–Trinajstić information content (AvgIpc) is 2.47. The van der Waals surface area contributed by atoms with E-state index >= 15 is 0 Å². The van der Waals surface area contributed by atoms with Crippen molar-refractivity contribution in [2.75, 3.05) is 0 Å². The first kappa shape index (κ1) is 9.27. The van der Waals surface area contributed by atoms with E-state index < -0.39 is 0 Å². The molecule has 0 N–H and O–H groups in total. The van der Waals surface area contributed by atoms with Gasteiger partial charge < -0.3 is 5.11 Å². The maximum absolute atomic E-state index is 11.2. The second kappa shape index (κ2) is 3.84. The van der Waals surface area contributed by atoms with Crippen LogP contribution in [0.2, 0.25) is 0 Å². The van der Waals surface area contributed by atoms with Gasteiger partial charge in [-0.1, -0.05) is 30.3 Å². The fourth-order valence-electron chi connectivity index (χ4n) is 1.32. The molecule has 1 amide bonds. The van der Waals surface area contributed by atoms with Gasteiger partial charge in [0.15, 0.2) is 0 Å². The first-order valence-corrected chi connectivity index (χ1v) is 5.14. The summed E-state index contributed by atoms with van der Waals surface area (Å²) in [5.41, 5.74) is 1.06. The van der Waals surface area contributed by atoms with Gasteiger partial charge in [-0.2, -0.15) is 0 Å². The number of hydrogen-bond acceptors (Lipinski definition) is 3. The number of thioether (sulfide) groups is 1. The van der Waals surface area contributed by atoms with Crippen molar-refractivity contribution in [1.82, 2.24) is 0 Å². The van der Waals surface area contributed by atoms with Crippen LogP contribution < -0.4 is 5.11 Å². The largest absolute Gasteiger partial charge is 0.854 e. The zero-order valence-electron chi connectivity index (χ0n) is 7.34. The molecule has 0 fully saturated rings. The smallest absolute Gasteiger partial charge is 0.259 e. The normalized spacial score (nSPS) is 21.0. The molecule has 0 aromatic heterocycles. The molecule has 14 heavy (non-hydrogen) atoms. The minimum absolute atomic E-state index is 0.302. The third-order valence-electron chi connectivity index (χ3n) is 1.98. The lowest BCUT2D eigenvalue weighted by Crippen LogP contribution is -2.15. The fourth-order valence-corrected chi connectivity index (χ4v) is 2.13. The minimum Gasteiger partial charge on any atom is -0.854 e. The summed E-state index contributed by atoms with van der Waals surface area (Å²) in [6, 6.07) is 9.63. The molecule has 1 aliphatic heterocycles. The molecule has 1 atom stereocenters. The molecule has 0 saturated carbocycles. The molecule has 4 heteroatoms. The summed E-state index contributed by atoms with van der Waals surface area (Å²) < 4.78 is 0. The summed E-state index contributed by atoms with van der Waals surface area (Å²) in [6.07, 6.45) is 0.583. The molecule has 0 radical (unpaired) electrons. The molecular formula is C10H8NO2S-. The maximum Gasteiger partial charge on any atom is 0.259 e. The van der Waals surface area contributed by atoms with Crippen molar-refractivity contribution in [1.29, 1.82) is 0 Å². The van der Waals surface area contributed by atoms with Crippen molar-refractivity contribution in [3.05, 3.63) is 35.9 Å². The Kier molecular flexibility index (Phi) is 2.54. The fraction of sp³-hybridized carbons (Fsp3) is 0.200. The number of amides is 1. The summed E-state index contributed by atoms with van der Waals surface area (Å²) in [5.74, 6) is -0.302. The van der Waals surface area contributed by atoms with Gasteiger partial charge in [0, 0.05) is 5.23 Å². The minimum atomic E-state index is -0.365. The lowest BCUT2D eigenvalue weighted by atomic mass is 10.1. The van der Waals surface area contributed by atoms with Crippen LogP contribution in [0, 0.1) is 0 Å². The van der Waals surface area contributed by atoms with E-state index in [4.69, 9.17) is 0 Å². The number of carbonyl (C=O) groups excluding carboxylic acids is 1. The van der Waals surface area contributed by atoms with Crippen LogP contribution in [0.1, 0.15) is 5.56 Å². The van der Waals surface area contributed by atoms with Crippen LogP contribution in [0.5, 0.6) is 0 Å². The highest BCUT2D eigenvalue weighted by Gasteiger charge is 2.23. The number of rotatable bonds is 2. The van der Waals surface area contributed by atoms with Gasteiger partial charge in [-0.15, -0.1) is 11.8 Å². The van der Waals surface area contributed by atoms with Gasteiger partial charge in [0.25, 0.3) is 5.91 Å². The Hall–Kier alpha value is -1.29. The molecule has 0 spiro atoms. The van der Waals surface area contributed by atoms with Gasteiger partial charge in [-0.25, -0.2) is 4.99 Å². The molecule has 0 unspecified atom stereocenters. The zero-order chi connectivity index (χ0) is 9.97. The van der Waals surface area contributed by atoms with Gasteiger partial charge in [-0.05, 0) is 12.0 Å². The maximum atomic E-state index is 11.2. The van der Waals surface area contributed by atoms with Gasteiger partial charge in [0.2, 0.25) is 0 Å². The number of carbonyl (C=O) groups is 1. The number of nitrogens with zero attached hydrogens (tertiary/aromatic N) is 1. The van der Waals surface area contributed by atoms with Crippen LogP contribution in [0.3, 0.4) is 0 Å². The molecule has 1 heterocycles. The van der Waals surface area contributed by atoms with Crippen molar-refractivity contribution in [3.8, 4) is 0 Å². The van der Waals surface area contributed by atoms with Crippen LogP contribution in [0.4, 0.5) is 0 Å². The summed E-state index contributed by atoms with van der Waals surface area (Å²) in [7, 11) is 0. The topological polar surface area (TPSA) is 52.5 Å². The highest BCUT2D eigenvalue weighted by molar-refractivity contribution is 8.14. The lowest BCUT2D eigenvalue weighted by Gasteiger charge is -2.07. The summed E-state index contributed by atoms with van der Waals surface area (Å²) in [4.78, 5) is 14.5. The third-order valence-corrected chi connectivity index (χ3v) is 2.93. The molecule has 72 valence electrons. The van der Waals surface area contributed by atoms with E-state index in [1.54, 1.807) is 0 Å². The average molecular weight is 206 g/mol. The molecule has 0 saturated heterocycles. The molecule has 1 aromatic rings. The Bertz CT molecular complexity index is 375. The molecule has 1 aliphatic rings. The quantitative estimate of drug-likeness (QED) is 0.711. The zero-order valence-corrected chi connectivity index (χ0v) is 8.16. The van der Waals surface area contributed by atoms with Crippen LogP contribution in [-0.2, 0) is 11.2 Å². The Morgan fingerprint density at radius 1 is 1.36 bits per heavy atom. The molecule has 3 nitrogen and oxygen atoms in total. The van der Waals surface area contributed by atoms with Gasteiger partial charge in [0.05, 0.1) is 5.25 Å². The number of hydrogen-bond donors (Lipinski definition) is 0. The van der Waals surface area contributed by atoms with Gasteiger partial charge >= 0.3 is 0 Å². The summed E-state index contributed by atoms with van der Waals surface area (Å²) >= 11 is 1.01. The van der Waals surface area contributed by atoms with Gasteiger partial charge in [0.1, 0.15) is 0 Å². The van der Waals surface area contributed by atoms with E-state index in [2.05, 4.69) is 4.99 Å². The second-order valence-corrected chi connectivity index (χ2v) is 4.17. The van der Waals surface area contributed by atoms with E-state index in [0.29, 0.717) is 6.42 Å². The highest BCUT2D eigenvalue weighted by Crippen LogP contribution is 2.23. The lowest BCUT2D eigenvalue weighted by molar-refractivity contribution is -0.205. The summed E-state index contributed by atoms with van der Waals surface area (Å²) in [5, 5.41) is 10.1. The predicted octanol–water partition coefficient (Wildman–Crippen LogP) is 0.587. The Morgan fingerprint density at radius 2 is 2.07 bits per heavy atom. The second-order valence-electron chi connectivity index (χ2n) is 3.01. The standard InChI is InChI=1S/C10H9NO2S/c12-9-8(14-10(13)11-9)6-7-4-2-1-3-5-7/h1-5,8H,6H2,(H,11,12,13)/p-1/t8-/m0/s1. The van der Waals surface area contributed by atoms with E-state index in [-0.39, 0.29) is 16.4 Å². The van der Waals surface area contributed by atoms with Crippen molar-refractivity contribution in [3.63, 3.8) is 0 Å². The molecule has 0 aliphatic carbocycles. The predicted molar refractivity (Wildman–Crippen MR) is 54.0 cm³/mol. The monoisotopic (exact) mass is 206 g/mol. The van der Waals surface area contributed by atoms with Crippen molar-refractivity contribution in [2.45, 2.75) is 11.7 Å². The van der Waals surface area contributed by atoms with E-state index in [9.17, 15) is 9.90 Å². The SMILES string of the molecule is O=C1N=C([O-])S[C@H]1Cc1ccccc1. The Balaban J connectivity index is 2.04. The van der Waals surface area contributed by atoms with Crippen molar-refractivity contribution in [2.24, 2.45) is 4.99 Å². The Labute approximate surface area is 85.9 Å². The third kappa shape index (κ3) is 1.96. The number of benzene rings is 1. The van der Waals surface area contributed by atoms with Crippen LogP contribution in [0.25, 0.3) is 0 Å². The Morgan fingerprint density at radius 3 is 2.64 bits per heavy atom. The first-order valence-electron chi connectivity index (χ1n) is 4.26. The highest BCUT2D eigenvalue weighted by atomic mass is 32.2. The van der Waals surface area contributed by atoms with E-state index in [0.717, 1.165) is 17.3 Å². The van der Waals surface area contributed by atoms with Crippen LogP contribution in [-0.4, -0.2) is 16.4 Å². The number of aliphatic imine (C=N–C) groups is 1. The first-order chi connectivity index (χ1) is 6.75. The molecule has 0 bridgehead atoms. The van der Waals surface area contributed by atoms with Crippen LogP contribution >= 0.6 is 11.8 Å². The summed E-state index contributed by atoms with van der Waals surface area (Å²) in [6.45, 7) is 0. The van der Waals surface area contributed by atoms with Crippen LogP contribution in [0.15, 0.2) is 35.3 Å². The van der Waals surface area contributed by atoms with Crippen molar-refractivity contribution >= 4 is 22.9 Å². The van der Waals surface area contributed by atoms with E-state index in [1.807, 2.05) is 30.3 Å².